The minimum absolute atomic E-state index is 0.0652. The lowest BCUT2D eigenvalue weighted by Gasteiger charge is -2.09. The van der Waals surface area contributed by atoms with Crippen LogP contribution in [0.1, 0.15) is 5.56 Å². The maximum atomic E-state index is 11.2. The highest BCUT2D eigenvalue weighted by Crippen LogP contribution is 2.11. The largest absolute Gasteiger partial charge is 0.382 e. The molecule has 1 aromatic carbocycles. The number of amides is 1. The van der Waals surface area contributed by atoms with Crippen LogP contribution >= 0.6 is 15.9 Å². The molecule has 1 atom stereocenters. The summed E-state index contributed by atoms with van der Waals surface area (Å²) in [5.41, 5.74) is 6.11. The van der Waals surface area contributed by atoms with Gasteiger partial charge in [0.1, 0.15) is 6.10 Å². The van der Waals surface area contributed by atoms with E-state index in [1.54, 1.807) is 0 Å². The zero-order valence-electron chi connectivity index (χ0n) is 8.11. The molecule has 1 amide bonds. The second kappa shape index (κ2) is 5.85. The number of rotatable bonds is 4. The van der Waals surface area contributed by atoms with Crippen LogP contribution in [0.3, 0.4) is 0 Å². The Balaban J connectivity index is 2.47. The van der Waals surface area contributed by atoms with Gasteiger partial charge in [-0.05, 0) is 17.7 Å². The van der Waals surface area contributed by atoms with Crippen molar-refractivity contribution in [2.45, 2.75) is 12.6 Å². The fraction of sp³-hybridized carbons (Fsp3) is 0.300. The van der Waals surface area contributed by atoms with Crippen LogP contribution in [0.5, 0.6) is 0 Å². The average Bonchev–Trinajstić information content (AvgIpc) is 2.25. The lowest BCUT2D eigenvalue weighted by molar-refractivity contribution is -0.128. The van der Waals surface area contributed by atoms with Gasteiger partial charge in [-0.15, -0.1) is 0 Å². The summed E-state index contributed by atoms with van der Waals surface area (Å²) in [5.74, 6) is -0.447. The fourth-order valence-electron chi connectivity index (χ4n) is 1.06. The van der Waals surface area contributed by atoms with Gasteiger partial charge in [-0.25, -0.2) is 0 Å². The van der Waals surface area contributed by atoms with E-state index in [1.807, 2.05) is 24.3 Å². The first-order valence-electron chi connectivity index (χ1n) is 4.53. The third-order valence-corrected chi connectivity index (χ3v) is 2.37. The predicted octanol–water partition coefficient (Wildman–Crippen LogP) is 0.385. The molecule has 1 aromatic rings. The minimum Gasteiger partial charge on any atom is -0.382 e. The number of nitrogens with one attached hydrogen (secondary N) is 1. The van der Waals surface area contributed by atoms with Crippen molar-refractivity contribution in [3.05, 3.63) is 34.3 Å². The van der Waals surface area contributed by atoms with Crippen molar-refractivity contribution in [1.82, 2.24) is 5.32 Å². The summed E-state index contributed by atoms with van der Waals surface area (Å²) >= 11 is 3.33. The standard InChI is InChI=1S/C10H13BrN2O2/c11-8-3-1-2-7(4-8)6-13-10(15)9(14)5-12/h1-4,9,14H,5-6,12H2,(H,13,15). The van der Waals surface area contributed by atoms with Crippen molar-refractivity contribution in [1.29, 1.82) is 0 Å². The van der Waals surface area contributed by atoms with Crippen LogP contribution in [0, 0.1) is 0 Å². The van der Waals surface area contributed by atoms with Gasteiger partial charge >= 0.3 is 0 Å². The highest BCUT2D eigenvalue weighted by atomic mass is 79.9. The SMILES string of the molecule is NCC(O)C(=O)NCc1cccc(Br)c1. The van der Waals surface area contributed by atoms with Gasteiger partial charge in [-0.2, -0.15) is 0 Å². The summed E-state index contributed by atoms with van der Waals surface area (Å²) in [6.07, 6.45) is -1.13. The van der Waals surface area contributed by atoms with E-state index in [0.29, 0.717) is 6.54 Å². The number of hydrogen-bond donors (Lipinski definition) is 3. The topological polar surface area (TPSA) is 75.3 Å². The molecule has 1 unspecified atom stereocenters. The molecule has 4 N–H and O–H groups in total. The molecule has 0 aliphatic carbocycles. The Hall–Kier alpha value is -0.910. The van der Waals surface area contributed by atoms with E-state index in [9.17, 15) is 4.79 Å². The quantitative estimate of drug-likeness (QED) is 0.742. The van der Waals surface area contributed by atoms with Gasteiger partial charge in [0.05, 0.1) is 0 Å². The van der Waals surface area contributed by atoms with Gasteiger partial charge < -0.3 is 16.2 Å². The zero-order valence-corrected chi connectivity index (χ0v) is 9.70. The van der Waals surface area contributed by atoms with Crippen LogP contribution in [0.2, 0.25) is 0 Å². The van der Waals surface area contributed by atoms with E-state index in [0.717, 1.165) is 10.0 Å². The number of nitrogens with two attached hydrogens (primary N) is 1. The first-order valence-corrected chi connectivity index (χ1v) is 5.33. The first-order chi connectivity index (χ1) is 7.13. The summed E-state index contributed by atoms with van der Waals surface area (Å²) in [6.45, 7) is 0.319. The lowest BCUT2D eigenvalue weighted by atomic mass is 10.2. The average molecular weight is 273 g/mol. The third kappa shape index (κ3) is 3.99. The number of aliphatic hydroxyl groups is 1. The first kappa shape index (κ1) is 12.2. The Morgan fingerprint density at radius 3 is 2.93 bits per heavy atom. The molecule has 4 nitrogen and oxygen atoms in total. The van der Waals surface area contributed by atoms with Crippen LogP contribution in [-0.4, -0.2) is 23.7 Å². The number of aliphatic hydroxyl groups excluding tert-OH is 1. The number of hydrogen-bond acceptors (Lipinski definition) is 3. The van der Waals surface area contributed by atoms with Crippen LogP contribution < -0.4 is 11.1 Å². The monoisotopic (exact) mass is 272 g/mol. The van der Waals surface area contributed by atoms with Gasteiger partial charge in [0.2, 0.25) is 5.91 Å². The summed E-state index contributed by atoms with van der Waals surface area (Å²) in [5, 5.41) is 11.7. The Morgan fingerprint density at radius 1 is 1.60 bits per heavy atom. The second-order valence-electron chi connectivity index (χ2n) is 3.10. The van der Waals surface area contributed by atoms with Crippen molar-refractivity contribution in [3.63, 3.8) is 0 Å². The summed E-state index contributed by atoms with van der Waals surface area (Å²) in [6, 6.07) is 7.57. The molecule has 0 fully saturated rings. The second-order valence-corrected chi connectivity index (χ2v) is 4.01. The Morgan fingerprint density at radius 2 is 2.33 bits per heavy atom. The normalized spacial score (nSPS) is 12.2. The Labute approximate surface area is 96.6 Å². The molecule has 82 valence electrons. The van der Waals surface area contributed by atoms with Crippen molar-refractivity contribution < 1.29 is 9.90 Å². The van der Waals surface area contributed by atoms with Gasteiger partial charge in [0, 0.05) is 17.6 Å². The molecule has 5 heteroatoms. The highest BCUT2D eigenvalue weighted by molar-refractivity contribution is 9.10. The smallest absolute Gasteiger partial charge is 0.250 e. The molecular weight excluding hydrogens is 260 g/mol. The van der Waals surface area contributed by atoms with E-state index in [2.05, 4.69) is 21.2 Å². The van der Waals surface area contributed by atoms with Crippen molar-refractivity contribution in [3.8, 4) is 0 Å². The van der Waals surface area contributed by atoms with Crippen LogP contribution in [0.4, 0.5) is 0 Å². The molecule has 0 heterocycles. The minimum atomic E-state index is -1.13. The van der Waals surface area contributed by atoms with Crippen molar-refractivity contribution >= 4 is 21.8 Å². The molecule has 0 radical (unpaired) electrons. The Kier molecular flexibility index (Phi) is 4.74. The summed E-state index contributed by atoms with van der Waals surface area (Å²) in [4.78, 5) is 11.2. The van der Waals surface area contributed by atoms with E-state index >= 15 is 0 Å². The number of carbonyl (C=O) groups is 1. The predicted molar refractivity (Wildman–Crippen MR) is 61.0 cm³/mol. The third-order valence-electron chi connectivity index (χ3n) is 1.88. The number of carbonyl (C=O) groups excluding carboxylic acids is 1. The van der Waals surface area contributed by atoms with Crippen LogP contribution in [0.25, 0.3) is 0 Å². The van der Waals surface area contributed by atoms with E-state index in [4.69, 9.17) is 10.8 Å². The van der Waals surface area contributed by atoms with Gasteiger partial charge in [-0.1, -0.05) is 28.1 Å². The fourth-order valence-corrected chi connectivity index (χ4v) is 1.51. The summed E-state index contributed by atoms with van der Waals surface area (Å²) < 4.78 is 0.952. The van der Waals surface area contributed by atoms with E-state index in [-0.39, 0.29) is 6.54 Å². The highest BCUT2D eigenvalue weighted by Gasteiger charge is 2.11. The van der Waals surface area contributed by atoms with Crippen molar-refractivity contribution in [2.75, 3.05) is 6.54 Å². The van der Waals surface area contributed by atoms with E-state index in [1.165, 1.54) is 0 Å². The molecule has 0 spiro atoms. The molecule has 0 aromatic heterocycles. The van der Waals surface area contributed by atoms with Crippen LogP contribution in [0.15, 0.2) is 28.7 Å². The molecule has 0 saturated carbocycles. The van der Waals surface area contributed by atoms with Crippen molar-refractivity contribution in [2.24, 2.45) is 5.73 Å². The zero-order chi connectivity index (χ0) is 11.3. The molecular formula is C10H13BrN2O2. The molecule has 0 saturated heterocycles. The molecule has 0 aliphatic rings. The maximum Gasteiger partial charge on any atom is 0.250 e. The Bertz CT molecular complexity index is 344. The van der Waals surface area contributed by atoms with Gasteiger partial charge in [0.25, 0.3) is 0 Å². The summed E-state index contributed by atoms with van der Waals surface area (Å²) in [7, 11) is 0. The van der Waals surface area contributed by atoms with E-state index < -0.39 is 12.0 Å². The molecule has 0 bridgehead atoms. The molecule has 0 aliphatic heterocycles. The van der Waals surface area contributed by atoms with Gasteiger partial charge in [0.15, 0.2) is 0 Å². The lowest BCUT2D eigenvalue weighted by Crippen LogP contribution is -2.38. The molecule has 1 rings (SSSR count). The number of halogens is 1. The number of benzene rings is 1. The molecule has 15 heavy (non-hydrogen) atoms. The van der Waals surface area contributed by atoms with Crippen LogP contribution in [-0.2, 0) is 11.3 Å². The van der Waals surface area contributed by atoms with Gasteiger partial charge in [-0.3, -0.25) is 4.79 Å². The maximum absolute atomic E-state index is 11.2.